The summed E-state index contributed by atoms with van der Waals surface area (Å²) in [5.74, 6) is 1.44. The van der Waals surface area contributed by atoms with Gasteiger partial charge in [0, 0.05) is 26.5 Å². The number of allylic oxidation sites excluding steroid dienone is 4. The SMILES string of the molecule is CC.COCCN(C)c1ncc(NC(=O)/C2=C(\C)C(C)/C=C\C=C/CS2)cn1. The highest BCUT2D eigenvalue weighted by Gasteiger charge is 2.17. The number of hydrogen-bond donors (Lipinski definition) is 1. The molecule has 6 nitrogen and oxygen atoms in total. The highest BCUT2D eigenvalue weighted by molar-refractivity contribution is 8.04. The van der Waals surface area contributed by atoms with Crippen LogP contribution in [0.2, 0.25) is 0 Å². The van der Waals surface area contributed by atoms with Gasteiger partial charge in [-0.25, -0.2) is 9.97 Å². The van der Waals surface area contributed by atoms with E-state index < -0.39 is 0 Å². The maximum atomic E-state index is 12.7. The fourth-order valence-electron chi connectivity index (χ4n) is 2.30. The zero-order valence-corrected chi connectivity index (χ0v) is 18.5. The second kappa shape index (κ2) is 13.1. The fraction of sp³-hybridized carbons (Fsp3) is 0.476. The van der Waals surface area contributed by atoms with Crippen LogP contribution in [0.15, 0.2) is 47.2 Å². The number of amides is 1. The summed E-state index contributed by atoms with van der Waals surface area (Å²) in [4.78, 5) is 24.0. The van der Waals surface area contributed by atoms with Crippen LogP contribution < -0.4 is 10.2 Å². The molecule has 0 saturated carbocycles. The summed E-state index contributed by atoms with van der Waals surface area (Å²) in [7, 11) is 3.56. The van der Waals surface area contributed by atoms with Gasteiger partial charge in [0.1, 0.15) is 0 Å². The lowest BCUT2D eigenvalue weighted by molar-refractivity contribution is -0.112. The normalized spacial score (nSPS) is 21.3. The van der Waals surface area contributed by atoms with Crippen molar-refractivity contribution in [1.82, 2.24) is 9.97 Å². The molecule has 0 saturated heterocycles. The standard InChI is InChI=1S/C19H26N4O2S.C2H6/c1-14-8-6-5-7-11-26-17(15(14)2)18(24)22-16-12-20-19(21-13-16)23(3)9-10-25-4;1-2/h5-8,12-14H,9-11H2,1-4H3,(H,22,24);1-2H3/b7-5-,8-6-,17-15-;. The number of aromatic nitrogens is 2. The molecule has 1 aromatic rings. The van der Waals surface area contributed by atoms with Crippen molar-refractivity contribution in [1.29, 1.82) is 0 Å². The van der Waals surface area contributed by atoms with Gasteiger partial charge in [0.05, 0.1) is 29.6 Å². The Kier molecular flexibility index (Phi) is 11.2. The molecule has 0 aliphatic carbocycles. The van der Waals surface area contributed by atoms with Gasteiger partial charge in [0.15, 0.2) is 0 Å². The highest BCUT2D eigenvalue weighted by atomic mass is 32.2. The smallest absolute Gasteiger partial charge is 0.262 e. The minimum atomic E-state index is -0.118. The number of ether oxygens (including phenoxy) is 1. The molecule has 0 fully saturated rings. The Balaban J connectivity index is 0.00000190. The molecule has 28 heavy (non-hydrogen) atoms. The predicted octanol–water partition coefficient (Wildman–Crippen LogP) is 4.29. The van der Waals surface area contributed by atoms with Gasteiger partial charge >= 0.3 is 0 Å². The first-order valence-electron chi connectivity index (χ1n) is 9.53. The second-order valence-electron chi connectivity index (χ2n) is 6.07. The van der Waals surface area contributed by atoms with Gasteiger partial charge in [-0.2, -0.15) is 0 Å². The van der Waals surface area contributed by atoms with Crippen molar-refractivity contribution >= 4 is 29.3 Å². The lowest BCUT2D eigenvalue weighted by Gasteiger charge is -2.17. The number of carbonyl (C=O) groups is 1. The van der Waals surface area contributed by atoms with Crippen LogP contribution in [0.3, 0.4) is 0 Å². The van der Waals surface area contributed by atoms with Crippen LogP contribution in [0.25, 0.3) is 0 Å². The Morgan fingerprint density at radius 1 is 1.32 bits per heavy atom. The molecule has 0 radical (unpaired) electrons. The van der Waals surface area contributed by atoms with E-state index in [-0.39, 0.29) is 11.8 Å². The molecule has 7 heteroatoms. The molecule has 0 aromatic carbocycles. The number of hydrogen-bond acceptors (Lipinski definition) is 6. The van der Waals surface area contributed by atoms with E-state index in [4.69, 9.17) is 4.74 Å². The maximum Gasteiger partial charge on any atom is 0.262 e. The van der Waals surface area contributed by atoms with E-state index in [2.05, 4.69) is 28.3 Å². The fourth-order valence-corrected chi connectivity index (χ4v) is 3.27. The molecule has 1 amide bonds. The van der Waals surface area contributed by atoms with Gasteiger partial charge in [-0.3, -0.25) is 4.79 Å². The first-order valence-corrected chi connectivity index (χ1v) is 10.5. The third kappa shape index (κ3) is 7.48. The summed E-state index contributed by atoms with van der Waals surface area (Å²) < 4.78 is 5.05. The Labute approximate surface area is 173 Å². The van der Waals surface area contributed by atoms with Crippen LogP contribution in [0.4, 0.5) is 11.6 Å². The zero-order chi connectivity index (χ0) is 20.9. The first kappa shape index (κ1) is 23.9. The quantitative estimate of drug-likeness (QED) is 0.763. The topological polar surface area (TPSA) is 67.3 Å². The Morgan fingerprint density at radius 3 is 2.64 bits per heavy atom. The molecule has 154 valence electrons. The van der Waals surface area contributed by atoms with E-state index >= 15 is 0 Å². The van der Waals surface area contributed by atoms with Gasteiger partial charge in [-0.1, -0.05) is 45.1 Å². The largest absolute Gasteiger partial charge is 0.383 e. The lowest BCUT2D eigenvalue weighted by Crippen LogP contribution is -2.24. The average Bonchev–Trinajstić information content (AvgIpc) is 2.80. The third-order valence-electron chi connectivity index (χ3n) is 4.09. The number of likely N-dealkylation sites (N-methyl/N-ethyl adjacent to an activating group) is 1. The molecular formula is C21H32N4O2S. The molecule has 0 spiro atoms. The molecule has 1 unspecified atom stereocenters. The maximum absolute atomic E-state index is 12.7. The van der Waals surface area contributed by atoms with Gasteiger partial charge < -0.3 is 15.0 Å². The van der Waals surface area contributed by atoms with Gasteiger partial charge in [-0.05, 0) is 18.4 Å². The minimum Gasteiger partial charge on any atom is -0.383 e. The molecule has 1 atom stereocenters. The van der Waals surface area contributed by atoms with Crippen molar-refractivity contribution < 1.29 is 9.53 Å². The molecule has 1 aliphatic rings. The van der Waals surface area contributed by atoms with E-state index in [0.717, 1.165) is 16.2 Å². The summed E-state index contributed by atoms with van der Waals surface area (Å²) in [6.45, 7) is 9.40. The Morgan fingerprint density at radius 2 is 2.00 bits per heavy atom. The minimum absolute atomic E-state index is 0.118. The van der Waals surface area contributed by atoms with Crippen molar-refractivity contribution in [3.05, 3.63) is 47.2 Å². The summed E-state index contributed by atoms with van der Waals surface area (Å²) in [5.41, 5.74) is 1.64. The van der Waals surface area contributed by atoms with Crippen LogP contribution >= 0.6 is 11.8 Å². The van der Waals surface area contributed by atoms with Crippen LogP contribution in [-0.4, -0.2) is 48.9 Å². The molecular weight excluding hydrogens is 372 g/mol. The summed E-state index contributed by atoms with van der Waals surface area (Å²) in [6, 6.07) is 0. The van der Waals surface area contributed by atoms with Crippen molar-refractivity contribution in [2.75, 3.05) is 43.3 Å². The molecule has 1 aromatic heterocycles. The molecule has 2 heterocycles. The van der Waals surface area contributed by atoms with Gasteiger partial charge in [0.25, 0.3) is 5.91 Å². The van der Waals surface area contributed by atoms with Crippen molar-refractivity contribution in [3.63, 3.8) is 0 Å². The number of nitrogens with zero attached hydrogens (tertiary/aromatic N) is 3. The Bertz CT molecular complexity index is 699. The van der Waals surface area contributed by atoms with E-state index in [1.807, 2.05) is 50.9 Å². The average molecular weight is 405 g/mol. The molecule has 1 N–H and O–H groups in total. The number of methoxy groups -OCH3 is 1. The zero-order valence-electron chi connectivity index (χ0n) is 17.7. The number of anilines is 2. The van der Waals surface area contributed by atoms with Crippen molar-refractivity contribution in [3.8, 4) is 0 Å². The lowest BCUT2D eigenvalue weighted by atomic mass is 10.0. The van der Waals surface area contributed by atoms with Crippen LogP contribution in [0, 0.1) is 5.92 Å². The van der Waals surface area contributed by atoms with Crippen LogP contribution in [0.1, 0.15) is 27.7 Å². The van der Waals surface area contributed by atoms with Crippen molar-refractivity contribution in [2.24, 2.45) is 5.92 Å². The van der Waals surface area contributed by atoms with Crippen LogP contribution in [-0.2, 0) is 9.53 Å². The van der Waals surface area contributed by atoms with Crippen LogP contribution in [0.5, 0.6) is 0 Å². The Hall–Kier alpha value is -2.12. The van der Waals surface area contributed by atoms with Gasteiger partial charge in [0.2, 0.25) is 5.95 Å². The number of nitrogens with one attached hydrogen (secondary N) is 1. The highest BCUT2D eigenvalue weighted by Crippen LogP contribution is 2.28. The molecule has 1 aliphatic heterocycles. The molecule has 2 rings (SSSR count). The second-order valence-corrected chi connectivity index (χ2v) is 7.10. The van der Waals surface area contributed by atoms with E-state index in [1.54, 1.807) is 31.3 Å². The number of carbonyl (C=O) groups excluding carboxylic acids is 1. The first-order chi connectivity index (χ1) is 13.5. The van der Waals surface area contributed by atoms with Gasteiger partial charge in [-0.15, -0.1) is 11.8 Å². The molecule has 0 bridgehead atoms. The number of rotatable bonds is 6. The summed E-state index contributed by atoms with van der Waals surface area (Å²) >= 11 is 1.54. The number of thioether (sulfide) groups is 1. The van der Waals surface area contributed by atoms with E-state index in [1.165, 1.54) is 0 Å². The predicted molar refractivity (Wildman–Crippen MR) is 120 cm³/mol. The monoisotopic (exact) mass is 404 g/mol. The van der Waals surface area contributed by atoms with E-state index in [0.29, 0.717) is 24.8 Å². The third-order valence-corrected chi connectivity index (χ3v) is 5.24. The summed E-state index contributed by atoms with van der Waals surface area (Å²) in [5, 5.41) is 2.91. The summed E-state index contributed by atoms with van der Waals surface area (Å²) in [6.07, 6.45) is 11.4. The van der Waals surface area contributed by atoms with E-state index in [9.17, 15) is 4.79 Å². The van der Waals surface area contributed by atoms with Crippen molar-refractivity contribution in [2.45, 2.75) is 27.7 Å².